The number of para-hydroxylation sites is 1. The van der Waals surface area contributed by atoms with Crippen molar-refractivity contribution in [1.82, 2.24) is 19.9 Å². The summed E-state index contributed by atoms with van der Waals surface area (Å²) in [5.74, 6) is 2.47. The predicted molar refractivity (Wildman–Crippen MR) is 217 cm³/mol. The number of benzene rings is 8. The lowest BCUT2D eigenvalue weighted by Gasteiger charge is -2.15. The Morgan fingerprint density at radius 1 is 0.296 bits per heavy atom. The summed E-state index contributed by atoms with van der Waals surface area (Å²) in [6.45, 7) is 0. The molecule has 3 aromatic heterocycles. The third-order valence-corrected chi connectivity index (χ3v) is 10.2. The minimum absolute atomic E-state index is 0.572. The number of oxazole rings is 1. The summed E-state index contributed by atoms with van der Waals surface area (Å²) in [5, 5.41) is 6.40. The molecule has 0 aliphatic heterocycles. The van der Waals surface area contributed by atoms with Crippen molar-refractivity contribution in [3.8, 4) is 56.7 Å². The first-order valence-electron chi connectivity index (χ1n) is 17.9. The van der Waals surface area contributed by atoms with Crippen molar-refractivity contribution in [3.05, 3.63) is 170 Å². The van der Waals surface area contributed by atoms with E-state index in [0.717, 1.165) is 88.0 Å². The molecule has 6 nitrogen and oxygen atoms in total. The first kappa shape index (κ1) is 30.2. The highest BCUT2D eigenvalue weighted by molar-refractivity contribution is 6.12. The molecule has 0 amide bonds. The van der Waals surface area contributed by atoms with Crippen LogP contribution in [-0.2, 0) is 0 Å². The first-order chi connectivity index (χ1) is 26.7. The van der Waals surface area contributed by atoms with Gasteiger partial charge in [0.15, 0.2) is 23.1 Å². The van der Waals surface area contributed by atoms with Crippen LogP contribution < -0.4 is 0 Å². The van der Waals surface area contributed by atoms with E-state index in [1.54, 1.807) is 0 Å². The molecule has 0 saturated heterocycles. The van der Waals surface area contributed by atoms with E-state index >= 15 is 0 Å². The molecule has 0 unspecified atom stereocenters. The van der Waals surface area contributed by atoms with E-state index in [1.807, 2.05) is 91.0 Å². The fourth-order valence-corrected chi connectivity index (χ4v) is 7.64. The maximum absolute atomic E-state index is 6.48. The van der Waals surface area contributed by atoms with E-state index in [9.17, 15) is 0 Å². The summed E-state index contributed by atoms with van der Waals surface area (Å²) in [7, 11) is 0. The molecule has 0 radical (unpaired) electrons. The maximum atomic E-state index is 6.48. The second-order valence-electron chi connectivity index (χ2n) is 13.4. The second-order valence-corrected chi connectivity index (χ2v) is 13.4. The van der Waals surface area contributed by atoms with Crippen molar-refractivity contribution in [2.24, 2.45) is 0 Å². The van der Waals surface area contributed by atoms with Gasteiger partial charge in [-0.1, -0.05) is 140 Å². The highest BCUT2D eigenvalue weighted by atomic mass is 16.4. The average molecular weight is 693 g/mol. The first-order valence-corrected chi connectivity index (χ1v) is 17.9. The molecule has 252 valence electrons. The summed E-state index contributed by atoms with van der Waals surface area (Å²) >= 11 is 0. The van der Waals surface area contributed by atoms with Crippen LogP contribution in [-0.4, -0.2) is 19.9 Å². The Kier molecular flexibility index (Phi) is 6.75. The van der Waals surface area contributed by atoms with Gasteiger partial charge in [-0.15, -0.1) is 0 Å². The van der Waals surface area contributed by atoms with Gasteiger partial charge >= 0.3 is 0 Å². The number of rotatable bonds is 5. The fraction of sp³-hybridized carbons (Fsp3) is 0. The summed E-state index contributed by atoms with van der Waals surface area (Å²) in [6.07, 6.45) is 0. The molecular formula is C48H28N4O2. The van der Waals surface area contributed by atoms with Crippen LogP contribution in [0.25, 0.3) is 111 Å². The normalized spacial score (nSPS) is 11.7. The van der Waals surface area contributed by atoms with Crippen LogP contribution in [0.15, 0.2) is 179 Å². The Morgan fingerprint density at radius 3 is 1.41 bits per heavy atom. The van der Waals surface area contributed by atoms with Crippen LogP contribution in [0.2, 0.25) is 0 Å². The van der Waals surface area contributed by atoms with Gasteiger partial charge in [-0.2, -0.15) is 0 Å². The summed E-state index contributed by atoms with van der Waals surface area (Å²) in [4.78, 5) is 20.0. The molecule has 6 heteroatoms. The van der Waals surface area contributed by atoms with Gasteiger partial charge in [0, 0.05) is 39.1 Å². The quantitative estimate of drug-likeness (QED) is 0.179. The summed E-state index contributed by atoms with van der Waals surface area (Å²) < 4.78 is 12.6. The molecule has 54 heavy (non-hydrogen) atoms. The predicted octanol–water partition coefficient (Wildman–Crippen LogP) is 12.6. The van der Waals surface area contributed by atoms with Gasteiger partial charge < -0.3 is 8.83 Å². The number of hydrogen-bond donors (Lipinski definition) is 0. The highest BCUT2D eigenvalue weighted by Crippen LogP contribution is 2.42. The van der Waals surface area contributed by atoms with Crippen LogP contribution in [0.4, 0.5) is 0 Å². The molecule has 8 aromatic carbocycles. The molecule has 0 bridgehead atoms. The van der Waals surface area contributed by atoms with Crippen molar-refractivity contribution < 1.29 is 8.83 Å². The molecule has 11 rings (SSSR count). The molecule has 0 fully saturated rings. The van der Waals surface area contributed by atoms with Crippen molar-refractivity contribution in [3.63, 3.8) is 0 Å². The minimum atomic E-state index is 0.572. The van der Waals surface area contributed by atoms with Gasteiger partial charge in [0.1, 0.15) is 16.7 Å². The lowest BCUT2D eigenvalue weighted by molar-refractivity contribution is 0.621. The minimum Gasteiger partial charge on any atom is -0.456 e. The van der Waals surface area contributed by atoms with Crippen LogP contribution in [0.3, 0.4) is 0 Å². The van der Waals surface area contributed by atoms with E-state index in [-0.39, 0.29) is 0 Å². The Hall–Kier alpha value is -7.44. The van der Waals surface area contributed by atoms with Gasteiger partial charge in [-0.3, -0.25) is 0 Å². The summed E-state index contributed by atoms with van der Waals surface area (Å²) in [6, 6.07) is 57.8. The Labute approximate surface area is 309 Å². The third kappa shape index (κ3) is 4.89. The zero-order valence-corrected chi connectivity index (χ0v) is 28.8. The molecule has 0 N–H and O–H groups in total. The average Bonchev–Trinajstić information content (AvgIpc) is 3.83. The Morgan fingerprint density at radius 2 is 0.778 bits per heavy atom. The van der Waals surface area contributed by atoms with Crippen LogP contribution in [0.5, 0.6) is 0 Å². The SMILES string of the molecule is c1ccc(-c2nc(-c3ccccc3)nc(-c3ccc(-c4ccc(-c5nc6cc7oc8ccccc8c7cc6o5)c5ccccc45)c4ccccc34)n2)cc1. The molecule has 0 atom stereocenters. The van der Waals surface area contributed by atoms with Crippen LogP contribution in [0, 0.1) is 0 Å². The number of nitrogens with zero attached hydrogens (tertiary/aromatic N) is 4. The fourth-order valence-electron chi connectivity index (χ4n) is 7.64. The monoisotopic (exact) mass is 692 g/mol. The maximum Gasteiger partial charge on any atom is 0.227 e. The number of hydrogen-bond acceptors (Lipinski definition) is 6. The zero-order chi connectivity index (χ0) is 35.6. The molecular weight excluding hydrogens is 665 g/mol. The van der Waals surface area contributed by atoms with Gasteiger partial charge in [0.05, 0.1) is 0 Å². The standard InChI is InChI=1S/C48H28N4O2/c1-3-13-29(14-4-1)45-50-46(30-15-5-2-6-16-30)52-47(51-45)38-25-23-35(31-17-7-9-19-33(31)38)36-24-26-39(34-20-10-8-18-32(34)36)48-49-41-28-43-40(27-44(41)54-48)37-21-11-12-22-42(37)53-43/h1-28H. The second kappa shape index (κ2) is 12.1. The van der Waals surface area contributed by atoms with E-state index in [1.165, 1.54) is 0 Å². The molecule has 0 aliphatic carbocycles. The van der Waals surface area contributed by atoms with Gasteiger partial charge in [0.2, 0.25) is 5.89 Å². The van der Waals surface area contributed by atoms with Gasteiger partial charge in [-0.05, 0) is 56.9 Å². The number of aromatic nitrogens is 4. The highest BCUT2D eigenvalue weighted by Gasteiger charge is 2.20. The third-order valence-electron chi connectivity index (χ3n) is 10.2. The smallest absolute Gasteiger partial charge is 0.227 e. The van der Waals surface area contributed by atoms with Crippen molar-refractivity contribution in [1.29, 1.82) is 0 Å². The topological polar surface area (TPSA) is 77.8 Å². The largest absolute Gasteiger partial charge is 0.456 e. The van der Waals surface area contributed by atoms with Crippen molar-refractivity contribution in [2.45, 2.75) is 0 Å². The molecule has 0 aliphatic rings. The van der Waals surface area contributed by atoms with Gasteiger partial charge in [0.25, 0.3) is 0 Å². The van der Waals surface area contributed by atoms with E-state index < -0.39 is 0 Å². The van der Waals surface area contributed by atoms with Crippen molar-refractivity contribution in [2.75, 3.05) is 0 Å². The lowest BCUT2D eigenvalue weighted by Crippen LogP contribution is -2.00. The number of furan rings is 1. The molecule has 0 spiro atoms. The van der Waals surface area contributed by atoms with Crippen molar-refractivity contribution >= 4 is 54.6 Å². The lowest BCUT2D eigenvalue weighted by atomic mass is 9.90. The molecule has 11 aromatic rings. The number of fused-ring (bicyclic) bond motifs is 6. The van der Waals surface area contributed by atoms with Gasteiger partial charge in [-0.25, -0.2) is 19.9 Å². The molecule has 0 saturated carbocycles. The Balaban J connectivity index is 1.06. The van der Waals surface area contributed by atoms with Crippen LogP contribution in [0.1, 0.15) is 0 Å². The summed E-state index contributed by atoms with van der Waals surface area (Å²) in [5.41, 5.74) is 9.11. The molecule has 3 heterocycles. The Bertz CT molecular complexity index is 3160. The van der Waals surface area contributed by atoms with E-state index in [0.29, 0.717) is 23.4 Å². The van der Waals surface area contributed by atoms with Crippen LogP contribution >= 0.6 is 0 Å². The zero-order valence-electron chi connectivity index (χ0n) is 28.8. The van der Waals surface area contributed by atoms with E-state index in [4.69, 9.17) is 28.8 Å². The van der Waals surface area contributed by atoms with E-state index in [2.05, 4.69) is 78.9 Å².